The zero-order valence-electron chi connectivity index (χ0n) is 14.9. The van der Waals surface area contributed by atoms with E-state index in [1.54, 1.807) is 19.1 Å². The van der Waals surface area contributed by atoms with E-state index in [9.17, 15) is 18.4 Å². The molecule has 0 unspecified atom stereocenters. The van der Waals surface area contributed by atoms with E-state index in [1.165, 1.54) is 19.2 Å². The Morgan fingerprint density at radius 1 is 0.963 bits per heavy atom. The lowest BCUT2D eigenvalue weighted by atomic mass is 9.97. The van der Waals surface area contributed by atoms with Gasteiger partial charge in [0.25, 0.3) is 0 Å². The fourth-order valence-electron chi connectivity index (χ4n) is 2.48. The largest absolute Gasteiger partial charge is 0.435 e. The Bertz CT molecular complexity index is 755. The predicted molar refractivity (Wildman–Crippen MR) is 96.6 cm³/mol. The molecule has 0 heterocycles. The van der Waals surface area contributed by atoms with Crippen molar-refractivity contribution in [2.24, 2.45) is 0 Å². The molecule has 2 aromatic rings. The summed E-state index contributed by atoms with van der Waals surface area (Å²) in [7, 11) is 1.41. The zero-order valence-corrected chi connectivity index (χ0v) is 14.9. The Balaban J connectivity index is 2.22. The second-order valence-electron chi connectivity index (χ2n) is 5.75. The molecule has 144 valence electrons. The van der Waals surface area contributed by atoms with Gasteiger partial charge in [-0.3, -0.25) is 15.4 Å². The van der Waals surface area contributed by atoms with Gasteiger partial charge >= 0.3 is 12.6 Å². The van der Waals surface area contributed by atoms with Crippen LogP contribution in [-0.4, -0.2) is 31.6 Å². The van der Waals surface area contributed by atoms with Crippen molar-refractivity contribution in [2.75, 3.05) is 7.05 Å². The molecule has 3 N–H and O–H groups in total. The number of halogens is 2. The maximum Gasteiger partial charge on any atom is 0.387 e. The van der Waals surface area contributed by atoms with Crippen molar-refractivity contribution in [3.63, 3.8) is 0 Å². The molecule has 3 amide bonds. The molecule has 2 atom stereocenters. The molecular formula is C19H21F2N3O3. The second-order valence-corrected chi connectivity index (χ2v) is 5.75. The number of benzene rings is 2. The minimum atomic E-state index is -2.90. The van der Waals surface area contributed by atoms with Gasteiger partial charge in [-0.25, -0.2) is 4.79 Å². The molecule has 8 heteroatoms. The van der Waals surface area contributed by atoms with Crippen molar-refractivity contribution in [1.29, 1.82) is 0 Å². The molecular weight excluding hydrogens is 356 g/mol. The summed E-state index contributed by atoms with van der Waals surface area (Å²) in [4.78, 5) is 23.5. The van der Waals surface area contributed by atoms with E-state index in [1.807, 2.05) is 30.3 Å². The zero-order chi connectivity index (χ0) is 19.8. The predicted octanol–water partition coefficient (Wildman–Crippen LogP) is 2.81. The van der Waals surface area contributed by atoms with Crippen LogP contribution in [-0.2, 0) is 4.79 Å². The van der Waals surface area contributed by atoms with E-state index >= 15 is 0 Å². The highest BCUT2D eigenvalue weighted by Crippen LogP contribution is 2.25. The number of carbonyl (C=O) groups is 2. The van der Waals surface area contributed by atoms with Crippen LogP contribution in [0.4, 0.5) is 13.6 Å². The molecule has 0 saturated heterocycles. The molecule has 0 aromatic heterocycles. The topological polar surface area (TPSA) is 79.5 Å². The number of carbonyl (C=O) groups excluding carboxylic acids is 2. The summed E-state index contributed by atoms with van der Waals surface area (Å²) < 4.78 is 29.0. The highest BCUT2D eigenvalue weighted by atomic mass is 19.3. The quantitative estimate of drug-likeness (QED) is 0.693. The van der Waals surface area contributed by atoms with Crippen LogP contribution in [0.15, 0.2) is 54.6 Å². The van der Waals surface area contributed by atoms with Crippen LogP contribution in [0.3, 0.4) is 0 Å². The van der Waals surface area contributed by atoms with Crippen molar-refractivity contribution >= 4 is 11.9 Å². The van der Waals surface area contributed by atoms with E-state index in [0.29, 0.717) is 0 Å². The van der Waals surface area contributed by atoms with Crippen molar-refractivity contribution in [2.45, 2.75) is 25.6 Å². The molecule has 0 aliphatic rings. The van der Waals surface area contributed by atoms with E-state index in [0.717, 1.165) is 11.1 Å². The molecule has 0 bridgehead atoms. The summed E-state index contributed by atoms with van der Waals surface area (Å²) in [6, 6.07) is 13.8. The molecule has 0 fully saturated rings. The standard InChI is InChI=1S/C19H21F2N3O3/c1-12(17(25)24-19(26)22-2)23-16(13-6-4-3-5-7-13)14-8-10-15(11-9-14)27-18(20)21/h3-12,16,18,23H,1-2H3,(H2,22,24,25,26)/t12-,16-/m1/s1. The molecule has 27 heavy (non-hydrogen) atoms. The van der Waals surface area contributed by atoms with Crippen molar-refractivity contribution < 1.29 is 23.1 Å². The summed E-state index contributed by atoms with van der Waals surface area (Å²) >= 11 is 0. The van der Waals surface area contributed by atoms with Gasteiger partial charge < -0.3 is 10.1 Å². The number of hydrogen-bond acceptors (Lipinski definition) is 4. The monoisotopic (exact) mass is 377 g/mol. The minimum absolute atomic E-state index is 0.0472. The third-order valence-corrected chi connectivity index (χ3v) is 3.85. The Labute approximate surface area is 155 Å². The number of ether oxygens (including phenoxy) is 1. The van der Waals surface area contributed by atoms with Gasteiger partial charge in [-0.2, -0.15) is 8.78 Å². The fraction of sp³-hybridized carbons (Fsp3) is 0.263. The molecule has 0 aliphatic heterocycles. The summed E-state index contributed by atoms with van der Waals surface area (Å²) in [5.74, 6) is -0.445. The third-order valence-electron chi connectivity index (χ3n) is 3.85. The first-order valence-corrected chi connectivity index (χ1v) is 8.29. The third kappa shape index (κ3) is 6.03. The molecule has 0 radical (unpaired) electrons. The Hall–Kier alpha value is -3.00. The van der Waals surface area contributed by atoms with Gasteiger partial charge in [-0.05, 0) is 30.2 Å². The molecule has 6 nitrogen and oxygen atoms in total. The van der Waals surface area contributed by atoms with E-state index in [-0.39, 0.29) is 5.75 Å². The molecule has 0 spiro atoms. The van der Waals surface area contributed by atoms with Crippen LogP contribution in [0.25, 0.3) is 0 Å². The highest BCUT2D eigenvalue weighted by molar-refractivity contribution is 5.96. The van der Waals surface area contributed by atoms with Gasteiger partial charge in [-0.15, -0.1) is 0 Å². The first kappa shape index (κ1) is 20.3. The first-order chi connectivity index (χ1) is 12.9. The lowest BCUT2D eigenvalue weighted by molar-refractivity contribution is -0.121. The average Bonchev–Trinajstić information content (AvgIpc) is 2.66. The van der Waals surface area contributed by atoms with Crippen LogP contribution < -0.4 is 20.7 Å². The summed E-state index contributed by atoms with van der Waals surface area (Å²) in [6.45, 7) is -1.27. The molecule has 0 aliphatic carbocycles. The van der Waals surface area contributed by atoms with Gasteiger partial charge in [0.1, 0.15) is 5.75 Å². The number of imide groups is 1. The van der Waals surface area contributed by atoms with Crippen LogP contribution in [0.2, 0.25) is 0 Å². The van der Waals surface area contributed by atoms with Gasteiger partial charge in [-0.1, -0.05) is 42.5 Å². The maximum atomic E-state index is 12.3. The number of rotatable bonds is 7. The Morgan fingerprint density at radius 3 is 2.11 bits per heavy atom. The lowest BCUT2D eigenvalue weighted by Crippen LogP contribution is -2.48. The van der Waals surface area contributed by atoms with Crippen LogP contribution >= 0.6 is 0 Å². The number of hydrogen-bond donors (Lipinski definition) is 3. The van der Waals surface area contributed by atoms with E-state index in [4.69, 9.17) is 0 Å². The van der Waals surface area contributed by atoms with E-state index < -0.39 is 30.6 Å². The molecule has 0 saturated carbocycles. The first-order valence-electron chi connectivity index (χ1n) is 8.29. The smallest absolute Gasteiger partial charge is 0.387 e. The number of alkyl halides is 2. The molecule has 2 rings (SSSR count). The number of urea groups is 1. The lowest BCUT2D eigenvalue weighted by Gasteiger charge is -2.24. The van der Waals surface area contributed by atoms with Gasteiger partial charge in [0.2, 0.25) is 5.91 Å². The van der Waals surface area contributed by atoms with Crippen molar-refractivity contribution in [1.82, 2.24) is 16.0 Å². The van der Waals surface area contributed by atoms with Crippen molar-refractivity contribution in [3.8, 4) is 5.75 Å². The normalized spacial score (nSPS) is 12.9. The Kier molecular flexibility index (Phi) is 7.25. The number of amides is 3. The number of nitrogens with one attached hydrogen (secondary N) is 3. The summed E-state index contributed by atoms with van der Waals surface area (Å²) in [5.41, 5.74) is 1.63. The van der Waals surface area contributed by atoms with Crippen molar-refractivity contribution in [3.05, 3.63) is 65.7 Å². The Morgan fingerprint density at radius 2 is 1.56 bits per heavy atom. The van der Waals surface area contributed by atoms with Gasteiger partial charge in [0, 0.05) is 7.05 Å². The summed E-state index contributed by atoms with van der Waals surface area (Å²) in [5, 5.41) is 7.69. The minimum Gasteiger partial charge on any atom is -0.435 e. The summed E-state index contributed by atoms with van der Waals surface area (Å²) in [6.07, 6.45) is 0. The SMILES string of the molecule is CNC(=O)NC(=O)[C@@H](C)N[C@H](c1ccccc1)c1ccc(OC(F)F)cc1. The highest BCUT2D eigenvalue weighted by Gasteiger charge is 2.22. The average molecular weight is 377 g/mol. The van der Waals surface area contributed by atoms with Crippen LogP contribution in [0.5, 0.6) is 5.75 Å². The molecule has 2 aromatic carbocycles. The maximum absolute atomic E-state index is 12.3. The second kappa shape index (κ2) is 9.63. The van der Waals surface area contributed by atoms with Crippen LogP contribution in [0, 0.1) is 0 Å². The van der Waals surface area contributed by atoms with Gasteiger partial charge in [0.05, 0.1) is 12.1 Å². The van der Waals surface area contributed by atoms with Gasteiger partial charge in [0.15, 0.2) is 0 Å². The van der Waals surface area contributed by atoms with Crippen LogP contribution in [0.1, 0.15) is 24.1 Å². The van der Waals surface area contributed by atoms with E-state index in [2.05, 4.69) is 20.7 Å². The fourth-order valence-corrected chi connectivity index (χ4v) is 2.48.